The van der Waals surface area contributed by atoms with Crippen molar-refractivity contribution in [1.82, 2.24) is 0 Å². The van der Waals surface area contributed by atoms with Gasteiger partial charge in [-0.15, -0.1) is 11.8 Å². The lowest BCUT2D eigenvalue weighted by molar-refractivity contribution is 0.587. The van der Waals surface area contributed by atoms with Crippen LogP contribution in [0.2, 0.25) is 0 Å². The zero-order valence-corrected chi connectivity index (χ0v) is 17.2. The molecule has 0 saturated carbocycles. The van der Waals surface area contributed by atoms with E-state index in [9.17, 15) is 8.42 Å². The van der Waals surface area contributed by atoms with Gasteiger partial charge < -0.3 is 0 Å². The lowest BCUT2D eigenvalue weighted by Gasteiger charge is -2.16. The number of rotatable bonds is 8. The molecule has 1 atom stereocenters. The van der Waals surface area contributed by atoms with E-state index in [2.05, 4.69) is 18.2 Å². The van der Waals surface area contributed by atoms with E-state index in [0.717, 1.165) is 16.9 Å². The van der Waals surface area contributed by atoms with Crippen LogP contribution in [0, 0.1) is 0 Å². The smallest absolute Gasteiger partial charge is 0.185 e. The molecule has 1 unspecified atom stereocenters. The Morgan fingerprint density at radius 3 is 2.12 bits per heavy atom. The molecular weight excluding hydrogens is 360 g/mol. The van der Waals surface area contributed by atoms with Crippen LogP contribution in [-0.4, -0.2) is 19.4 Å². The highest BCUT2D eigenvalue weighted by atomic mass is 32.2. The fraction of sp³-hybridized carbons (Fsp3) is 0.273. The van der Waals surface area contributed by atoms with Crippen LogP contribution in [0.5, 0.6) is 0 Å². The third-order valence-electron chi connectivity index (χ3n) is 3.94. The molecule has 0 heterocycles. The first kappa shape index (κ1) is 20.5. The maximum Gasteiger partial charge on any atom is 0.185 e. The van der Waals surface area contributed by atoms with Crippen molar-refractivity contribution in [2.45, 2.75) is 42.2 Å². The van der Waals surface area contributed by atoms with Gasteiger partial charge in [0.15, 0.2) is 9.84 Å². The van der Waals surface area contributed by atoms with Crippen LogP contribution in [0.25, 0.3) is 0 Å². The van der Waals surface area contributed by atoms with Gasteiger partial charge in [0.2, 0.25) is 0 Å². The van der Waals surface area contributed by atoms with Crippen LogP contribution in [0.1, 0.15) is 27.2 Å². The van der Waals surface area contributed by atoms with Crippen LogP contribution in [-0.2, 0) is 9.84 Å². The number of thioether (sulfide) groups is 1. The molecule has 2 rings (SSSR count). The molecule has 138 valence electrons. The van der Waals surface area contributed by atoms with Crippen LogP contribution in [0.3, 0.4) is 0 Å². The maximum absolute atomic E-state index is 13.0. The lowest BCUT2D eigenvalue weighted by Crippen LogP contribution is -2.20. The number of benzene rings is 2. The first-order chi connectivity index (χ1) is 12.4. The van der Waals surface area contributed by atoms with Gasteiger partial charge in [-0.1, -0.05) is 59.7 Å². The van der Waals surface area contributed by atoms with Gasteiger partial charge in [-0.25, -0.2) is 8.42 Å². The Bertz CT molecular complexity index is 848. The number of allylic oxidation sites excluding steroid dienone is 2. The number of hydrogen-bond acceptors (Lipinski definition) is 3. The Hall–Kier alpha value is -1.78. The van der Waals surface area contributed by atoms with Gasteiger partial charge in [0.05, 0.1) is 10.1 Å². The highest BCUT2D eigenvalue weighted by Gasteiger charge is 2.25. The second kappa shape index (κ2) is 9.79. The molecule has 0 saturated heterocycles. The molecule has 0 N–H and O–H groups in total. The van der Waals surface area contributed by atoms with E-state index in [4.69, 9.17) is 0 Å². The van der Waals surface area contributed by atoms with Crippen LogP contribution >= 0.6 is 11.8 Å². The molecule has 0 aliphatic carbocycles. The van der Waals surface area contributed by atoms with Gasteiger partial charge in [-0.05, 0) is 51.5 Å². The molecule has 0 bridgehead atoms. The highest BCUT2D eigenvalue weighted by molar-refractivity contribution is 7.99. The molecule has 0 aliphatic heterocycles. The van der Waals surface area contributed by atoms with Gasteiger partial charge >= 0.3 is 0 Å². The minimum Gasteiger partial charge on any atom is -0.223 e. The first-order valence-corrected chi connectivity index (χ1v) is 11.2. The average Bonchev–Trinajstić information content (AvgIpc) is 2.62. The topological polar surface area (TPSA) is 34.1 Å². The van der Waals surface area contributed by atoms with Crippen molar-refractivity contribution in [3.8, 4) is 0 Å². The predicted octanol–water partition coefficient (Wildman–Crippen LogP) is 5.92. The molecule has 2 nitrogen and oxygen atoms in total. The fourth-order valence-electron chi connectivity index (χ4n) is 2.61. The summed E-state index contributed by atoms with van der Waals surface area (Å²) in [5.41, 5.74) is 2.11. The van der Waals surface area contributed by atoms with Crippen LogP contribution < -0.4 is 0 Å². The summed E-state index contributed by atoms with van der Waals surface area (Å²) in [6.07, 6.45) is 4.51. The summed E-state index contributed by atoms with van der Waals surface area (Å²) in [6, 6.07) is 18.9. The molecule has 4 heteroatoms. The monoisotopic (exact) mass is 386 g/mol. The van der Waals surface area contributed by atoms with Crippen molar-refractivity contribution in [2.75, 3.05) is 5.75 Å². The molecule has 0 spiro atoms. The van der Waals surface area contributed by atoms with E-state index in [-0.39, 0.29) is 0 Å². The molecule has 2 aromatic rings. The fourth-order valence-corrected chi connectivity index (χ4v) is 5.34. The molecule has 0 aliphatic rings. The molecule has 0 aromatic heterocycles. The highest BCUT2D eigenvalue weighted by Crippen LogP contribution is 2.24. The van der Waals surface area contributed by atoms with E-state index < -0.39 is 15.1 Å². The Labute approximate surface area is 162 Å². The molecule has 0 fully saturated rings. The molecule has 0 radical (unpaired) electrons. The average molecular weight is 387 g/mol. The summed E-state index contributed by atoms with van der Waals surface area (Å²) >= 11 is 1.75. The molecular formula is C22H26O2S2. The van der Waals surface area contributed by atoms with E-state index in [1.807, 2.05) is 51.1 Å². The van der Waals surface area contributed by atoms with Crippen molar-refractivity contribution in [3.63, 3.8) is 0 Å². The van der Waals surface area contributed by atoms with Crippen molar-refractivity contribution in [1.29, 1.82) is 0 Å². The first-order valence-electron chi connectivity index (χ1n) is 8.67. The van der Waals surface area contributed by atoms with Crippen molar-refractivity contribution >= 4 is 21.6 Å². The largest absolute Gasteiger partial charge is 0.223 e. The summed E-state index contributed by atoms with van der Waals surface area (Å²) in [5, 5.41) is -0.534. The molecule has 2 aromatic carbocycles. The minimum atomic E-state index is -3.39. The summed E-state index contributed by atoms with van der Waals surface area (Å²) in [6.45, 7) is 5.90. The predicted molar refractivity (Wildman–Crippen MR) is 112 cm³/mol. The second-order valence-corrected chi connectivity index (χ2v) is 9.78. The third-order valence-corrected chi connectivity index (χ3v) is 6.91. The summed E-state index contributed by atoms with van der Waals surface area (Å²) < 4.78 is 26.0. The lowest BCUT2D eigenvalue weighted by atomic mass is 10.1. The number of sulfone groups is 1. The van der Waals surface area contributed by atoms with Crippen molar-refractivity contribution < 1.29 is 8.42 Å². The quantitative estimate of drug-likeness (QED) is 0.417. The Morgan fingerprint density at radius 2 is 1.54 bits per heavy atom. The Morgan fingerprint density at radius 1 is 0.962 bits per heavy atom. The van der Waals surface area contributed by atoms with Gasteiger partial charge in [-0.2, -0.15) is 0 Å². The van der Waals surface area contributed by atoms with E-state index in [1.165, 1.54) is 4.90 Å². The SMILES string of the molecule is CC(C)=CC(C/C(C)=C/CSc1ccccc1)S(=O)(=O)c1ccccc1. The van der Waals surface area contributed by atoms with Crippen molar-refractivity contribution in [3.05, 3.63) is 84.0 Å². The standard InChI is InChI=1S/C22H26O2S2/c1-18(2)16-22(26(23,24)21-12-8-5-9-13-21)17-19(3)14-15-25-20-10-6-4-7-11-20/h4-14,16,22H,15,17H2,1-3H3/b19-14+. The zero-order valence-electron chi connectivity index (χ0n) is 15.6. The summed E-state index contributed by atoms with van der Waals surface area (Å²) in [4.78, 5) is 1.60. The summed E-state index contributed by atoms with van der Waals surface area (Å²) in [5.74, 6) is 0.836. The van der Waals surface area contributed by atoms with Crippen LogP contribution in [0.15, 0.2) is 93.8 Å². The zero-order chi connectivity index (χ0) is 19.0. The number of hydrogen-bond donors (Lipinski definition) is 0. The third kappa shape index (κ3) is 6.19. The van der Waals surface area contributed by atoms with E-state index >= 15 is 0 Å². The Balaban J connectivity index is 2.12. The molecule has 26 heavy (non-hydrogen) atoms. The van der Waals surface area contributed by atoms with E-state index in [0.29, 0.717) is 11.3 Å². The van der Waals surface area contributed by atoms with E-state index in [1.54, 1.807) is 36.0 Å². The Kier molecular flexibility index (Phi) is 7.73. The molecule has 0 amide bonds. The van der Waals surface area contributed by atoms with Gasteiger partial charge in [0, 0.05) is 10.6 Å². The minimum absolute atomic E-state index is 0.383. The van der Waals surface area contributed by atoms with Crippen LogP contribution in [0.4, 0.5) is 0 Å². The van der Waals surface area contributed by atoms with Gasteiger partial charge in [-0.3, -0.25) is 0 Å². The van der Waals surface area contributed by atoms with Crippen molar-refractivity contribution in [2.24, 2.45) is 0 Å². The normalized spacial score (nSPS) is 13.3. The maximum atomic E-state index is 13.0. The van der Waals surface area contributed by atoms with Gasteiger partial charge in [0.1, 0.15) is 0 Å². The summed E-state index contributed by atoms with van der Waals surface area (Å²) in [7, 11) is -3.39. The second-order valence-electron chi connectivity index (χ2n) is 6.52. The van der Waals surface area contributed by atoms with Gasteiger partial charge in [0.25, 0.3) is 0 Å².